The van der Waals surface area contributed by atoms with Gasteiger partial charge in [-0.25, -0.2) is 4.39 Å². The molecule has 1 aromatic heterocycles. The standard InChI is InChI=1S/C16H20FN3/c1-12(18)16(14-7-3-4-8-15(14)17)20(2)11-13-6-5-9-19-10-13/h3-10,12,16H,11,18H2,1-2H3. The molecule has 1 aromatic carbocycles. The lowest BCUT2D eigenvalue weighted by Gasteiger charge is -2.31. The maximum atomic E-state index is 14.0. The van der Waals surface area contributed by atoms with E-state index in [1.807, 2.05) is 38.4 Å². The molecule has 0 aliphatic heterocycles. The van der Waals surface area contributed by atoms with E-state index in [1.54, 1.807) is 18.3 Å². The molecule has 0 aliphatic carbocycles. The zero-order chi connectivity index (χ0) is 14.5. The predicted octanol–water partition coefficient (Wildman–Crippen LogP) is 2.74. The molecule has 2 unspecified atom stereocenters. The highest BCUT2D eigenvalue weighted by molar-refractivity contribution is 5.23. The van der Waals surface area contributed by atoms with Crippen molar-refractivity contribution in [3.05, 3.63) is 65.7 Å². The van der Waals surface area contributed by atoms with E-state index in [4.69, 9.17) is 5.73 Å². The van der Waals surface area contributed by atoms with E-state index in [2.05, 4.69) is 9.88 Å². The van der Waals surface area contributed by atoms with Gasteiger partial charge in [-0.1, -0.05) is 24.3 Å². The molecule has 0 aliphatic rings. The third kappa shape index (κ3) is 3.40. The Morgan fingerprint density at radius 3 is 2.60 bits per heavy atom. The van der Waals surface area contributed by atoms with Gasteiger partial charge in [-0.2, -0.15) is 0 Å². The number of benzene rings is 1. The molecule has 106 valence electrons. The largest absolute Gasteiger partial charge is 0.326 e. The molecule has 2 N–H and O–H groups in total. The Bertz CT molecular complexity index is 542. The van der Waals surface area contributed by atoms with Gasteiger partial charge in [0.05, 0.1) is 6.04 Å². The lowest BCUT2D eigenvalue weighted by atomic mass is 9.98. The minimum absolute atomic E-state index is 0.170. The van der Waals surface area contributed by atoms with Crippen LogP contribution in [0.1, 0.15) is 24.1 Å². The minimum atomic E-state index is -0.215. The maximum absolute atomic E-state index is 14.0. The molecule has 0 saturated heterocycles. The van der Waals surface area contributed by atoms with Gasteiger partial charge in [0.1, 0.15) is 5.82 Å². The summed E-state index contributed by atoms with van der Waals surface area (Å²) < 4.78 is 14.0. The van der Waals surface area contributed by atoms with Crippen LogP contribution < -0.4 is 5.73 Å². The Hall–Kier alpha value is -1.78. The molecule has 0 saturated carbocycles. The lowest BCUT2D eigenvalue weighted by Crippen LogP contribution is -2.37. The van der Waals surface area contributed by atoms with Crippen LogP contribution in [0.5, 0.6) is 0 Å². The number of hydrogen-bond donors (Lipinski definition) is 1. The Morgan fingerprint density at radius 1 is 1.25 bits per heavy atom. The highest BCUT2D eigenvalue weighted by Crippen LogP contribution is 2.26. The molecule has 1 heterocycles. The summed E-state index contributed by atoms with van der Waals surface area (Å²) in [6.07, 6.45) is 3.56. The van der Waals surface area contributed by atoms with Crippen LogP contribution in [0.2, 0.25) is 0 Å². The second-order valence-corrected chi connectivity index (χ2v) is 5.10. The maximum Gasteiger partial charge on any atom is 0.128 e. The second kappa shape index (κ2) is 6.59. The Balaban J connectivity index is 2.23. The molecule has 2 atom stereocenters. The number of halogens is 1. The van der Waals surface area contributed by atoms with Crippen molar-refractivity contribution in [3.8, 4) is 0 Å². The van der Waals surface area contributed by atoms with Gasteiger partial charge in [0.15, 0.2) is 0 Å². The van der Waals surface area contributed by atoms with Crippen LogP contribution in [0.4, 0.5) is 4.39 Å². The van der Waals surface area contributed by atoms with Crippen molar-refractivity contribution < 1.29 is 4.39 Å². The first-order valence-corrected chi connectivity index (χ1v) is 6.68. The monoisotopic (exact) mass is 273 g/mol. The van der Waals surface area contributed by atoms with Crippen molar-refractivity contribution in [2.75, 3.05) is 7.05 Å². The summed E-state index contributed by atoms with van der Waals surface area (Å²) in [5.41, 5.74) is 7.78. The quantitative estimate of drug-likeness (QED) is 0.911. The van der Waals surface area contributed by atoms with Gasteiger partial charge >= 0.3 is 0 Å². The van der Waals surface area contributed by atoms with Crippen LogP contribution in [-0.2, 0) is 6.54 Å². The molecule has 3 nitrogen and oxygen atoms in total. The molecule has 2 aromatic rings. The van der Waals surface area contributed by atoms with E-state index in [0.717, 1.165) is 5.56 Å². The summed E-state index contributed by atoms with van der Waals surface area (Å²) in [4.78, 5) is 6.16. The fourth-order valence-electron chi connectivity index (χ4n) is 2.52. The Morgan fingerprint density at radius 2 is 2.00 bits per heavy atom. The number of likely N-dealkylation sites (N-methyl/N-ethyl adjacent to an activating group) is 1. The fraction of sp³-hybridized carbons (Fsp3) is 0.312. The number of nitrogens with two attached hydrogens (primary N) is 1. The van der Waals surface area contributed by atoms with E-state index < -0.39 is 0 Å². The summed E-state index contributed by atoms with van der Waals surface area (Å²) in [6.45, 7) is 2.57. The highest BCUT2D eigenvalue weighted by Gasteiger charge is 2.23. The second-order valence-electron chi connectivity index (χ2n) is 5.10. The van der Waals surface area contributed by atoms with E-state index in [0.29, 0.717) is 12.1 Å². The predicted molar refractivity (Wildman–Crippen MR) is 78.5 cm³/mol. The Kier molecular flexibility index (Phi) is 4.82. The summed E-state index contributed by atoms with van der Waals surface area (Å²) in [5, 5.41) is 0. The molecular weight excluding hydrogens is 253 g/mol. The van der Waals surface area contributed by atoms with Gasteiger partial charge in [-0.15, -0.1) is 0 Å². The molecule has 4 heteroatoms. The molecule has 20 heavy (non-hydrogen) atoms. The third-order valence-electron chi connectivity index (χ3n) is 3.35. The number of rotatable bonds is 5. The first-order chi connectivity index (χ1) is 9.59. The third-order valence-corrected chi connectivity index (χ3v) is 3.35. The van der Waals surface area contributed by atoms with E-state index in [1.165, 1.54) is 6.07 Å². The summed E-state index contributed by atoms with van der Waals surface area (Å²) >= 11 is 0. The molecular formula is C16H20FN3. The zero-order valence-electron chi connectivity index (χ0n) is 11.8. The highest BCUT2D eigenvalue weighted by atomic mass is 19.1. The fourth-order valence-corrected chi connectivity index (χ4v) is 2.52. The topological polar surface area (TPSA) is 42.1 Å². The normalized spacial score (nSPS) is 14.2. The SMILES string of the molecule is CC(N)C(c1ccccc1F)N(C)Cc1cccnc1. The van der Waals surface area contributed by atoms with Crippen molar-refractivity contribution in [1.82, 2.24) is 9.88 Å². The first kappa shape index (κ1) is 14.6. The van der Waals surface area contributed by atoms with Crippen molar-refractivity contribution in [3.63, 3.8) is 0 Å². The molecule has 0 amide bonds. The molecule has 2 rings (SSSR count). The van der Waals surface area contributed by atoms with E-state index >= 15 is 0 Å². The van der Waals surface area contributed by atoms with Gasteiger partial charge < -0.3 is 5.73 Å². The Labute approximate surface area is 119 Å². The van der Waals surface area contributed by atoms with Crippen LogP contribution >= 0.6 is 0 Å². The summed E-state index contributed by atoms with van der Waals surface area (Å²) in [6, 6.07) is 10.4. The summed E-state index contributed by atoms with van der Waals surface area (Å²) in [7, 11) is 1.95. The van der Waals surface area contributed by atoms with Crippen molar-refractivity contribution >= 4 is 0 Å². The number of nitrogens with zero attached hydrogens (tertiary/aromatic N) is 2. The van der Waals surface area contributed by atoms with Crippen LogP contribution in [0.25, 0.3) is 0 Å². The van der Waals surface area contributed by atoms with Gasteiger partial charge in [0.25, 0.3) is 0 Å². The minimum Gasteiger partial charge on any atom is -0.326 e. The average molecular weight is 273 g/mol. The van der Waals surface area contributed by atoms with E-state index in [9.17, 15) is 4.39 Å². The smallest absolute Gasteiger partial charge is 0.128 e. The number of hydrogen-bond acceptors (Lipinski definition) is 3. The van der Waals surface area contributed by atoms with Crippen LogP contribution in [-0.4, -0.2) is 23.0 Å². The molecule has 0 radical (unpaired) electrons. The molecule has 0 fully saturated rings. The number of aromatic nitrogens is 1. The molecule has 0 bridgehead atoms. The van der Waals surface area contributed by atoms with Gasteiger partial charge in [-0.3, -0.25) is 9.88 Å². The van der Waals surface area contributed by atoms with Crippen molar-refractivity contribution in [1.29, 1.82) is 0 Å². The van der Waals surface area contributed by atoms with Crippen LogP contribution in [0.3, 0.4) is 0 Å². The van der Waals surface area contributed by atoms with Gasteiger partial charge in [-0.05, 0) is 31.7 Å². The molecule has 0 spiro atoms. The van der Waals surface area contributed by atoms with Gasteiger partial charge in [0.2, 0.25) is 0 Å². The number of pyridine rings is 1. The average Bonchev–Trinajstić information content (AvgIpc) is 2.42. The van der Waals surface area contributed by atoms with Crippen molar-refractivity contribution in [2.24, 2.45) is 5.73 Å². The zero-order valence-corrected chi connectivity index (χ0v) is 11.8. The van der Waals surface area contributed by atoms with Crippen LogP contribution in [0, 0.1) is 5.82 Å². The van der Waals surface area contributed by atoms with Crippen molar-refractivity contribution in [2.45, 2.75) is 25.6 Å². The van der Waals surface area contributed by atoms with Crippen LogP contribution in [0.15, 0.2) is 48.8 Å². The summed E-state index contributed by atoms with van der Waals surface area (Å²) in [5.74, 6) is -0.215. The first-order valence-electron chi connectivity index (χ1n) is 6.68. The van der Waals surface area contributed by atoms with E-state index in [-0.39, 0.29) is 17.9 Å². The van der Waals surface area contributed by atoms with Gasteiger partial charge in [0, 0.05) is 30.5 Å². The lowest BCUT2D eigenvalue weighted by molar-refractivity contribution is 0.206.